The molecule has 5 nitrogen and oxygen atoms in total. The van der Waals surface area contributed by atoms with Crippen molar-refractivity contribution in [3.05, 3.63) is 46.3 Å². The van der Waals surface area contributed by atoms with Crippen molar-refractivity contribution in [2.45, 2.75) is 19.8 Å². The highest BCUT2D eigenvalue weighted by molar-refractivity contribution is 6.32. The molecule has 3 rings (SSSR count). The van der Waals surface area contributed by atoms with Crippen LogP contribution >= 0.6 is 11.6 Å². The number of hydrogen-bond acceptors (Lipinski definition) is 5. The summed E-state index contributed by atoms with van der Waals surface area (Å²) < 4.78 is 10.7. The molecule has 1 aliphatic rings. The minimum absolute atomic E-state index is 0.117. The van der Waals surface area contributed by atoms with Crippen LogP contribution in [0.1, 0.15) is 24.1 Å². The van der Waals surface area contributed by atoms with Crippen LogP contribution in [0.3, 0.4) is 0 Å². The number of nitrogens with zero attached hydrogens (tertiary/aromatic N) is 1. The fraction of sp³-hybridized carbons (Fsp3) is 0.235. The lowest BCUT2D eigenvalue weighted by Crippen LogP contribution is -1.97. The van der Waals surface area contributed by atoms with E-state index in [1.807, 2.05) is 19.1 Å². The maximum atomic E-state index is 10.1. The van der Waals surface area contributed by atoms with E-state index in [4.69, 9.17) is 20.9 Å². The van der Waals surface area contributed by atoms with Crippen LogP contribution < -0.4 is 0 Å². The highest BCUT2D eigenvalue weighted by atomic mass is 35.5. The minimum atomic E-state index is -0.185. The van der Waals surface area contributed by atoms with Crippen molar-refractivity contribution in [3.8, 4) is 22.8 Å². The van der Waals surface area contributed by atoms with Crippen LogP contribution in [0.25, 0.3) is 16.9 Å². The zero-order valence-corrected chi connectivity index (χ0v) is 13.5. The monoisotopic (exact) mass is 333 g/mol. The Bertz CT molecular complexity index is 820. The van der Waals surface area contributed by atoms with E-state index in [0.717, 1.165) is 35.4 Å². The molecular weight excluding hydrogens is 318 g/mol. The standard InChI is InChI=1S/C17H16ClNO4/c1-9-16(10-3-5-11(22-2)6-4-10)17(23-19-9)12-7-13(18)15(21)8-14(12)20/h3,5,7-8,20-21H,4,6H2,1-2H3. The summed E-state index contributed by atoms with van der Waals surface area (Å²) in [4.78, 5) is 0. The van der Waals surface area contributed by atoms with E-state index in [9.17, 15) is 10.2 Å². The van der Waals surface area contributed by atoms with Gasteiger partial charge in [0, 0.05) is 18.1 Å². The van der Waals surface area contributed by atoms with Gasteiger partial charge in [0.25, 0.3) is 0 Å². The van der Waals surface area contributed by atoms with E-state index in [1.165, 1.54) is 12.1 Å². The number of aromatic hydroxyl groups is 2. The van der Waals surface area contributed by atoms with E-state index < -0.39 is 0 Å². The first-order chi connectivity index (χ1) is 11.0. The number of hydrogen-bond donors (Lipinski definition) is 2. The Kier molecular flexibility index (Phi) is 4.05. The number of benzene rings is 1. The van der Waals surface area contributed by atoms with Crippen molar-refractivity contribution in [2.75, 3.05) is 7.11 Å². The predicted molar refractivity (Wildman–Crippen MR) is 87.3 cm³/mol. The van der Waals surface area contributed by atoms with Gasteiger partial charge in [0.2, 0.25) is 0 Å². The quantitative estimate of drug-likeness (QED) is 0.869. The van der Waals surface area contributed by atoms with Gasteiger partial charge in [-0.25, -0.2) is 0 Å². The highest BCUT2D eigenvalue weighted by Crippen LogP contribution is 2.42. The lowest BCUT2D eigenvalue weighted by molar-refractivity contribution is 0.277. The van der Waals surface area contributed by atoms with Gasteiger partial charge in [0.05, 0.1) is 29.1 Å². The van der Waals surface area contributed by atoms with E-state index in [2.05, 4.69) is 5.16 Å². The van der Waals surface area contributed by atoms with Crippen molar-refractivity contribution in [3.63, 3.8) is 0 Å². The lowest BCUT2D eigenvalue weighted by Gasteiger charge is -2.14. The van der Waals surface area contributed by atoms with Gasteiger partial charge in [-0.3, -0.25) is 0 Å². The predicted octanol–water partition coefficient (Wildman–Crippen LogP) is 4.42. The van der Waals surface area contributed by atoms with E-state index in [1.54, 1.807) is 7.11 Å². The number of phenolic OH excluding ortho intramolecular Hbond substituents is 2. The second-order valence-corrected chi connectivity index (χ2v) is 5.73. The Labute approximate surface area is 138 Å². The molecule has 1 aromatic heterocycles. The van der Waals surface area contributed by atoms with Crippen molar-refractivity contribution < 1.29 is 19.5 Å². The number of ether oxygens (including phenoxy) is 1. The van der Waals surface area contributed by atoms with E-state index >= 15 is 0 Å². The van der Waals surface area contributed by atoms with Gasteiger partial charge < -0.3 is 19.5 Å². The van der Waals surface area contributed by atoms with Gasteiger partial charge in [-0.05, 0) is 31.1 Å². The number of rotatable bonds is 3. The van der Waals surface area contributed by atoms with Crippen LogP contribution in [0.2, 0.25) is 5.02 Å². The SMILES string of the molecule is COC1=CC=C(c2c(C)noc2-c2cc(Cl)c(O)cc2O)CC1. The van der Waals surface area contributed by atoms with Gasteiger partial charge in [0.15, 0.2) is 5.76 Å². The second kappa shape index (κ2) is 6.01. The third-order valence-electron chi connectivity index (χ3n) is 3.87. The molecule has 1 aromatic carbocycles. The minimum Gasteiger partial charge on any atom is -0.507 e. The van der Waals surface area contributed by atoms with Crippen LogP contribution in [0.15, 0.2) is 34.6 Å². The number of allylic oxidation sites excluding steroid dienone is 4. The third kappa shape index (κ3) is 2.80. The Hall–Kier alpha value is -2.40. The zero-order chi connectivity index (χ0) is 16.6. The molecule has 0 saturated heterocycles. The van der Waals surface area contributed by atoms with Gasteiger partial charge >= 0.3 is 0 Å². The molecule has 0 fully saturated rings. The summed E-state index contributed by atoms with van der Waals surface area (Å²) in [5, 5.41) is 23.9. The Morgan fingerprint density at radius 3 is 2.61 bits per heavy atom. The van der Waals surface area contributed by atoms with Crippen LogP contribution in [-0.2, 0) is 4.74 Å². The molecule has 2 aromatic rings. The molecule has 0 unspecified atom stereocenters. The fourth-order valence-corrected chi connectivity index (χ4v) is 2.82. The molecule has 120 valence electrons. The average molecular weight is 334 g/mol. The summed E-state index contributed by atoms with van der Waals surface area (Å²) in [5.41, 5.74) is 2.99. The number of aryl methyl sites for hydroxylation is 1. The molecule has 0 aliphatic heterocycles. The third-order valence-corrected chi connectivity index (χ3v) is 4.17. The first kappa shape index (κ1) is 15.5. The first-order valence-electron chi connectivity index (χ1n) is 7.13. The molecule has 0 amide bonds. The molecule has 6 heteroatoms. The van der Waals surface area contributed by atoms with Crippen molar-refractivity contribution in [1.29, 1.82) is 0 Å². The molecular formula is C17H16ClNO4. The molecule has 0 atom stereocenters. The summed E-state index contributed by atoms with van der Waals surface area (Å²) in [6, 6.07) is 2.66. The smallest absolute Gasteiger partial charge is 0.178 e. The summed E-state index contributed by atoms with van der Waals surface area (Å²) in [6.07, 6.45) is 5.44. The van der Waals surface area contributed by atoms with Crippen molar-refractivity contribution in [2.24, 2.45) is 0 Å². The lowest BCUT2D eigenvalue weighted by atomic mass is 9.93. The highest BCUT2D eigenvalue weighted by Gasteiger charge is 2.23. The zero-order valence-electron chi connectivity index (χ0n) is 12.8. The largest absolute Gasteiger partial charge is 0.507 e. The van der Waals surface area contributed by atoms with Gasteiger partial charge in [0.1, 0.15) is 11.5 Å². The molecule has 0 saturated carbocycles. The number of halogens is 1. The van der Waals surface area contributed by atoms with Gasteiger partial charge in [-0.1, -0.05) is 22.8 Å². The topological polar surface area (TPSA) is 75.7 Å². The van der Waals surface area contributed by atoms with Crippen molar-refractivity contribution in [1.82, 2.24) is 5.16 Å². The molecule has 23 heavy (non-hydrogen) atoms. The van der Waals surface area contributed by atoms with Gasteiger partial charge in [-0.15, -0.1) is 0 Å². The molecule has 0 spiro atoms. The molecule has 1 aliphatic carbocycles. The second-order valence-electron chi connectivity index (χ2n) is 5.32. The fourth-order valence-electron chi connectivity index (χ4n) is 2.66. The number of aromatic nitrogens is 1. The Morgan fingerprint density at radius 1 is 1.17 bits per heavy atom. The van der Waals surface area contributed by atoms with Gasteiger partial charge in [-0.2, -0.15) is 0 Å². The summed E-state index contributed by atoms with van der Waals surface area (Å²) >= 11 is 5.95. The molecule has 2 N–H and O–H groups in total. The number of phenols is 2. The van der Waals surface area contributed by atoms with E-state index in [-0.39, 0.29) is 16.5 Å². The normalized spacial score (nSPS) is 14.4. The van der Waals surface area contributed by atoms with Crippen LogP contribution in [0.5, 0.6) is 11.5 Å². The number of methoxy groups -OCH3 is 1. The summed E-state index contributed by atoms with van der Waals surface area (Å²) in [6.45, 7) is 1.85. The van der Waals surface area contributed by atoms with Crippen molar-refractivity contribution >= 4 is 17.2 Å². The van der Waals surface area contributed by atoms with E-state index in [0.29, 0.717) is 11.3 Å². The average Bonchev–Trinajstić information content (AvgIpc) is 2.92. The summed E-state index contributed by atoms with van der Waals surface area (Å²) in [5.74, 6) is 1.05. The maximum Gasteiger partial charge on any atom is 0.178 e. The molecule has 0 bridgehead atoms. The Morgan fingerprint density at radius 2 is 1.96 bits per heavy atom. The van der Waals surface area contributed by atoms with Crippen LogP contribution in [0.4, 0.5) is 0 Å². The Balaban J connectivity index is 2.12. The van der Waals surface area contributed by atoms with Crippen LogP contribution in [0, 0.1) is 6.92 Å². The molecule has 1 heterocycles. The van der Waals surface area contributed by atoms with Crippen LogP contribution in [-0.4, -0.2) is 22.5 Å². The first-order valence-corrected chi connectivity index (χ1v) is 7.51. The molecule has 0 radical (unpaired) electrons. The maximum absolute atomic E-state index is 10.1. The summed E-state index contributed by atoms with van der Waals surface area (Å²) in [7, 11) is 1.65.